The minimum Gasteiger partial charge on any atom is -0.398 e. The van der Waals surface area contributed by atoms with Crippen LogP contribution in [0.1, 0.15) is 46.3 Å². The average molecular weight is 302 g/mol. The Morgan fingerprint density at radius 3 is 2.90 bits per heavy atom. The lowest BCUT2D eigenvalue weighted by Gasteiger charge is -2.18. The fraction of sp³-hybridized carbons (Fsp3) is 0.400. The normalized spacial score (nSPS) is 13.8. The van der Waals surface area contributed by atoms with Crippen LogP contribution in [0, 0.1) is 6.92 Å². The third-order valence-electron chi connectivity index (χ3n) is 3.86. The van der Waals surface area contributed by atoms with Gasteiger partial charge in [-0.2, -0.15) is 0 Å². The van der Waals surface area contributed by atoms with E-state index in [1.807, 2.05) is 26.8 Å². The zero-order valence-corrected chi connectivity index (χ0v) is 13.2. The third-order valence-corrected chi connectivity index (χ3v) is 4.59. The number of nitrogen functional groups attached to an aromatic ring is 1. The lowest BCUT2D eigenvalue weighted by molar-refractivity contribution is 0.0992. The molecule has 0 atom stereocenters. The second-order valence-electron chi connectivity index (χ2n) is 5.69. The van der Waals surface area contributed by atoms with Crippen molar-refractivity contribution >= 4 is 28.8 Å². The van der Waals surface area contributed by atoms with Gasteiger partial charge in [0, 0.05) is 17.9 Å². The van der Waals surface area contributed by atoms with Gasteiger partial charge < -0.3 is 10.6 Å². The monoisotopic (exact) mass is 302 g/mol. The zero-order valence-electron chi connectivity index (χ0n) is 12.4. The van der Waals surface area contributed by atoms with E-state index in [0.717, 1.165) is 29.1 Å². The van der Waals surface area contributed by atoms with E-state index in [4.69, 9.17) is 5.73 Å². The number of amides is 1. The summed E-state index contributed by atoms with van der Waals surface area (Å²) >= 11 is 1.17. The molecule has 0 fully saturated rings. The van der Waals surface area contributed by atoms with Crippen molar-refractivity contribution in [2.24, 2.45) is 0 Å². The van der Waals surface area contributed by atoms with Crippen LogP contribution in [-0.2, 0) is 6.42 Å². The summed E-state index contributed by atoms with van der Waals surface area (Å²) in [5.41, 5.74) is 10.7. The Balaban J connectivity index is 1.99. The SMILES string of the molecule is Cc1cc2c(cc1N)N(C(=O)c1snnc1C(C)C)CC2. The van der Waals surface area contributed by atoms with E-state index in [9.17, 15) is 4.79 Å². The van der Waals surface area contributed by atoms with Crippen molar-refractivity contribution in [1.82, 2.24) is 9.59 Å². The van der Waals surface area contributed by atoms with Crippen molar-refractivity contribution in [1.29, 1.82) is 0 Å². The highest BCUT2D eigenvalue weighted by molar-refractivity contribution is 7.08. The molecule has 0 saturated carbocycles. The van der Waals surface area contributed by atoms with E-state index in [1.54, 1.807) is 4.90 Å². The number of benzene rings is 1. The molecule has 0 bridgehead atoms. The van der Waals surface area contributed by atoms with E-state index >= 15 is 0 Å². The summed E-state index contributed by atoms with van der Waals surface area (Å²) in [6.45, 7) is 6.72. The number of carbonyl (C=O) groups is 1. The first-order valence-electron chi connectivity index (χ1n) is 7.02. The molecule has 1 aliphatic rings. The number of fused-ring (bicyclic) bond motifs is 1. The standard InChI is InChI=1S/C15H18N4OS/c1-8(2)13-14(21-18-17-13)15(20)19-5-4-10-6-9(3)11(16)7-12(10)19/h6-8H,4-5,16H2,1-3H3. The molecule has 0 saturated heterocycles. The number of hydrogen-bond acceptors (Lipinski definition) is 5. The van der Waals surface area contributed by atoms with Gasteiger partial charge in [0.15, 0.2) is 0 Å². The maximum absolute atomic E-state index is 12.8. The van der Waals surface area contributed by atoms with Gasteiger partial charge in [0.05, 0.1) is 5.69 Å². The molecule has 1 aromatic heterocycles. The molecule has 2 heterocycles. The first-order chi connectivity index (χ1) is 9.99. The van der Waals surface area contributed by atoms with Crippen molar-refractivity contribution in [3.05, 3.63) is 33.8 Å². The van der Waals surface area contributed by atoms with E-state index in [0.29, 0.717) is 11.4 Å². The summed E-state index contributed by atoms with van der Waals surface area (Å²) in [6.07, 6.45) is 0.867. The third kappa shape index (κ3) is 2.29. The van der Waals surface area contributed by atoms with E-state index < -0.39 is 0 Å². The highest BCUT2D eigenvalue weighted by atomic mass is 32.1. The van der Waals surface area contributed by atoms with Crippen LogP contribution in [0.4, 0.5) is 11.4 Å². The highest BCUT2D eigenvalue weighted by Gasteiger charge is 2.30. The van der Waals surface area contributed by atoms with Crippen LogP contribution in [0.3, 0.4) is 0 Å². The molecule has 6 heteroatoms. The minimum atomic E-state index is -0.0179. The number of nitrogens with zero attached hydrogens (tertiary/aromatic N) is 3. The molecule has 0 radical (unpaired) electrons. The Morgan fingerprint density at radius 1 is 1.43 bits per heavy atom. The molecule has 0 aliphatic carbocycles. The molecule has 1 aromatic carbocycles. The molecular weight excluding hydrogens is 284 g/mol. The van der Waals surface area contributed by atoms with Gasteiger partial charge in [0.1, 0.15) is 4.88 Å². The number of aromatic nitrogens is 2. The number of anilines is 2. The first-order valence-corrected chi connectivity index (χ1v) is 7.79. The van der Waals surface area contributed by atoms with Gasteiger partial charge in [-0.3, -0.25) is 4.79 Å². The quantitative estimate of drug-likeness (QED) is 0.866. The topological polar surface area (TPSA) is 72.1 Å². The molecular formula is C15H18N4OS. The number of nitrogens with two attached hydrogens (primary N) is 1. The lowest BCUT2D eigenvalue weighted by Crippen LogP contribution is -2.29. The molecule has 1 aliphatic heterocycles. The van der Waals surface area contributed by atoms with Gasteiger partial charge in [-0.25, -0.2) is 0 Å². The van der Waals surface area contributed by atoms with Crippen LogP contribution < -0.4 is 10.6 Å². The molecule has 21 heavy (non-hydrogen) atoms. The van der Waals surface area contributed by atoms with Crippen molar-refractivity contribution in [2.45, 2.75) is 33.1 Å². The van der Waals surface area contributed by atoms with Crippen LogP contribution in [0.2, 0.25) is 0 Å². The smallest absolute Gasteiger partial charge is 0.271 e. The van der Waals surface area contributed by atoms with E-state index in [1.165, 1.54) is 17.1 Å². The van der Waals surface area contributed by atoms with Crippen LogP contribution >= 0.6 is 11.5 Å². The summed E-state index contributed by atoms with van der Waals surface area (Å²) in [5.74, 6) is 0.170. The summed E-state index contributed by atoms with van der Waals surface area (Å²) in [4.78, 5) is 15.2. The maximum atomic E-state index is 12.8. The van der Waals surface area contributed by atoms with Crippen LogP contribution in [0.25, 0.3) is 0 Å². The fourth-order valence-electron chi connectivity index (χ4n) is 2.63. The summed E-state index contributed by atoms with van der Waals surface area (Å²) in [7, 11) is 0. The van der Waals surface area contributed by atoms with Crippen molar-refractivity contribution in [3.63, 3.8) is 0 Å². The van der Waals surface area contributed by atoms with Gasteiger partial charge in [0.25, 0.3) is 5.91 Å². The zero-order chi connectivity index (χ0) is 15.1. The number of hydrogen-bond donors (Lipinski definition) is 1. The van der Waals surface area contributed by atoms with Gasteiger partial charge in [-0.1, -0.05) is 24.4 Å². The average Bonchev–Trinajstić information content (AvgIpc) is 3.05. The second kappa shape index (κ2) is 5.11. The molecule has 2 N–H and O–H groups in total. The molecule has 3 rings (SSSR count). The van der Waals surface area contributed by atoms with Gasteiger partial charge in [0.2, 0.25) is 0 Å². The van der Waals surface area contributed by atoms with Gasteiger partial charge >= 0.3 is 0 Å². The maximum Gasteiger partial charge on any atom is 0.271 e. The van der Waals surface area contributed by atoms with Crippen LogP contribution in [0.5, 0.6) is 0 Å². The molecule has 110 valence electrons. The Morgan fingerprint density at radius 2 is 2.19 bits per heavy atom. The molecule has 2 aromatic rings. The van der Waals surface area contributed by atoms with Crippen molar-refractivity contribution < 1.29 is 4.79 Å². The Bertz CT molecular complexity index is 708. The number of carbonyl (C=O) groups excluding carboxylic acids is 1. The minimum absolute atomic E-state index is 0.0179. The lowest BCUT2D eigenvalue weighted by atomic mass is 10.1. The fourth-order valence-corrected chi connectivity index (χ4v) is 3.40. The Hall–Kier alpha value is -1.95. The van der Waals surface area contributed by atoms with Gasteiger partial charge in [-0.05, 0) is 48.0 Å². The predicted octanol–water partition coefficient (Wildman–Crippen LogP) is 2.76. The molecule has 0 spiro atoms. The Labute approximate surface area is 127 Å². The van der Waals surface area contributed by atoms with Crippen LogP contribution in [-0.4, -0.2) is 22.0 Å². The Kier molecular flexibility index (Phi) is 3.41. The number of aryl methyl sites for hydroxylation is 1. The molecule has 5 nitrogen and oxygen atoms in total. The largest absolute Gasteiger partial charge is 0.398 e. The van der Waals surface area contributed by atoms with Gasteiger partial charge in [-0.15, -0.1) is 5.10 Å². The van der Waals surface area contributed by atoms with Crippen LogP contribution in [0.15, 0.2) is 12.1 Å². The summed E-state index contributed by atoms with van der Waals surface area (Å²) in [5, 5.41) is 4.09. The highest BCUT2D eigenvalue weighted by Crippen LogP contribution is 2.34. The first kappa shape index (κ1) is 14.0. The molecule has 1 amide bonds. The second-order valence-corrected chi connectivity index (χ2v) is 6.44. The summed E-state index contributed by atoms with van der Waals surface area (Å²) in [6, 6.07) is 3.98. The van der Waals surface area contributed by atoms with E-state index in [2.05, 4.69) is 15.7 Å². The molecule has 0 unspecified atom stereocenters. The predicted molar refractivity (Wildman–Crippen MR) is 85.0 cm³/mol. The number of rotatable bonds is 2. The van der Waals surface area contributed by atoms with E-state index in [-0.39, 0.29) is 11.8 Å². The van der Waals surface area contributed by atoms with Crippen molar-refractivity contribution in [2.75, 3.05) is 17.2 Å². The summed E-state index contributed by atoms with van der Waals surface area (Å²) < 4.78 is 3.94. The van der Waals surface area contributed by atoms with Crippen molar-refractivity contribution in [3.8, 4) is 0 Å².